The van der Waals surface area contributed by atoms with Gasteiger partial charge in [-0.25, -0.2) is 0 Å². The van der Waals surface area contributed by atoms with Crippen molar-refractivity contribution in [3.63, 3.8) is 0 Å². The van der Waals surface area contributed by atoms with Gasteiger partial charge in [0.05, 0.1) is 0 Å². The van der Waals surface area contributed by atoms with Crippen LogP contribution in [-0.2, 0) is 0 Å². The lowest BCUT2D eigenvalue weighted by Gasteiger charge is -2.22. The van der Waals surface area contributed by atoms with Gasteiger partial charge in [0.1, 0.15) is 0 Å². The van der Waals surface area contributed by atoms with Crippen molar-refractivity contribution in [3.8, 4) is 0 Å². The minimum absolute atomic E-state index is 0.326. The maximum absolute atomic E-state index is 3.66. The number of hydrogen-bond acceptors (Lipinski definition) is 1. The van der Waals surface area contributed by atoms with Gasteiger partial charge < -0.3 is 5.32 Å². The van der Waals surface area contributed by atoms with Crippen LogP contribution in [0.25, 0.3) is 0 Å². The van der Waals surface area contributed by atoms with Crippen LogP contribution in [0.2, 0.25) is 0 Å². The zero-order chi connectivity index (χ0) is 13.8. The Morgan fingerprint density at radius 1 is 0.947 bits per heavy atom. The molecule has 0 amide bonds. The first-order valence-corrected chi connectivity index (χ1v) is 7.44. The van der Waals surface area contributed by atoms with E-state index >= 15 is 0 Å². The molecule has 0 aromatic heterocycles. The lowest BCUT2D eigenvalue weighted by molar-refractivity contribution is 0.493. The Hall–Kier alpha value is -1.12. The van der Waals surface area contributed by atoms with Crippen molar-refractivity contribution >= 4 is 15.9 Å². The topological polar surface area (TPSA) is 12.0 Å². The lowest BCUT2D eigenvalue weighted by atomic mass is 10.0. The van der Waals surface area contributed by atoms with Gasteiger partial charge in [-0.3, -0.25) is 0 Å². The van der Waals surface area contributed by atoms with Crippen LogP contribution in [0, 0.1) is 6.92 Å². The molecular formula is C17H20BrN. The van der Waals surface area contributed by atoms with Crippen LogP contribution in [0.15, 0.2) is 53.0 Å². The summed E-state index contributed by atoms with van der Waals surface area (Å²) in [4.78, 5) is 0. The van der Waals surface area contributed by atoms with Crippen molar-refractivity contribution in [1.82, 2.24) is 5.32 Å². The third kappa shape index (κ3) is 3.68. The summed E-state index contributed by atoms with van der Waals surface area (Å²) < 4.78 is 1.13. The summed E-state index contributed by atoms with van der Waals surface area (Å²) in [7, 11) is 0. The number of halogens is 1. The van der Waals surface area contributed by atoms with E-state index in [2.05, 4.69) is 90.5 Å². The normalized spacial score (nSPS) is 14.1. The third-order valence-electron chi connectivity index (χ3n) is 3.50. The molecule has 0 fully saturated rings. The van der Waals surface area contributed by atoms with Gasteiger partial charge in [-0.15, -0.1) is 0 Å². The van der Waals surface area contributed by atoms with Crippen molar-refractivity contribution in [2.24, 2.45) is 0 Å². The molecule has 0 saturated heterocycles. The fraction of sp³-hybridized carbons (Fsp3) is 0.294. The quantitative estimate of drug-likeness (QED) is 0.820. The average Bonchev–Trinajstić information content (AvgIpc) is 2.39. The monoisotopic (exact) mass is 317 g/mol. The maximum Gasteiger partial charge on any atom is 0.0300 e. The molecular weight excluding hydrogens is 298 g/mol. The fourth-order valence-corrected chi connectivity index (χ4v) is 2.83. The molecule has 1 N–H and O–H groups in total. The summed E-state index contributed by atoms with van der Waals surface area (Å²) in [6, 6.07) is 17.7. The third-order valence-corrected chi connectivity index (χ3v) is 4.00. The van der Waals surface area contributed by atoms with E-state index in [0.717, 1.165) is 4.47 Å². The van der Waals surface area contributed by atoms with Crippen molar-refractivity contribution in [2.45, 2.75) is 32.9 Å². The summed E-state index contributed by atoms with van der Waals surface area (Å²) in [5.74, 6) is 0. The molecule has 0 heterocycles. The summed E-state index contributed by atoms with van der Waals surface area (Å²) in [5, 5.41) is 3.66. The second-order valence-corrected chi connectivity index (χ2v) is 5.94. The van der Waals surface area contributed by atoms with Crippen LogP contribution in [0.4, 0.5) is 0 Å². The van der Waals surface area contributed by atoms with Crippen molar-refractivity contribution < 1.29 is 0 Å². The van der Waals surface area contributed by atoms with Crippen molar-refractivity contribution in [1.29, 1.82) is 0 Å². The van der Waals surface area contributed by atoms with Gasteiger partial charge in [-0.05, 0) is 49.6 Å². The molecule has 0 aliphatic rings. The Morgan fingerprint density at radius 3 is 2.37 bits per heavy atom. The smallest absolute Gasteiger partial charge is 0.0300 e. The number of hydrogen-bond donors (Lipinski definition) is 1. The van der Waals surface area contributed by atoms with Crippen LogP contribution in [0.1, 0.15) is 42.6 Å². The largest absolute Gasteiger partial charge is 0.304 e. The number of nitrogens with one attached hydrogen (secondary N) is 1. The summed E-state index contributed by atoms with van der Waals surface area (Å²) in [6.45, 7) is 6.59. The molecule has 2 aromatic carbocycles. The first kappa shape index (κ1) is 14.3. The Bertz CT molecular complexity index is 550. The van der Waals surface area contributed by atoms with Crippen LogP contribution >= 0.6 is 15.9 Å². The summed E-state index contributed by atoms with van der Waals surface area (Å²) in [6.07, 6.45) is 0. The van der Waals surface area contributed by atoms with E-state index in [-0.39, 0.29) is 0 Å². The predicted molar refractivity (Wildman–Crippen MR) is 85.3 cm³/mol. The minimum Gasteiger partial charge on any atom is -0.304 e. The van der Waals surface area contributed by atoms with Crippen molar-refractivity contribution in [3.05, 3.63) is 69.7 Å². The van der Waals surface area contributed by atoms with E-state index in [1.165, 1.54) is 16.7 Å². The van der Waals surface area contributed by atoms with E-state index < -0.39 is 0 Å². The molecule has 0 radical (unpaired) electrons. The maximum atomic E-state index is 3.66. The summed E-state index contributed by atoms with van der Waals surface area (Å²) >= 11 is 3.53. The van der Waals surface area contributed by atoms with Crippen LogP contribution in [0.3, 0.4) is 0 Å². The van der Waals surface area contributed by atoms with Gasteiger partial charge in [0.15, 0.2) is 0 Å². The highest BCUT2D eigenvalue weighted by atomic mass is 79.9. The van der Waals surface area contributed by atoms with E-state index in [4.69, 9.17) is 0 Å². The summed E-state index contributed by atoms with van der Waals surface area (Å²) in [5.41, 5.74) is 4.00. The molecule has 19 heavy (non-hydrogen) atoms. The highest BCUT2D eigenvalue weighted by Gasteiger charge is 2.12. The zero-order valence-corrected chi connectivity index (χ0v) is 13.2. The molecule has 2 aromatic rings. The number of aryl methyl sites for hydroxylation is 1. The minimum atomic E-state index is 0.326. The fourth-order valence-electron chi connectivity index (χ4n) is 2.41. The van der Waals surface area contributed by atoms with Crippen molar-refractivity contribution in [2.75, 3.05) is 0 Å². The second kappa shape index (κ2) is 6.36. The van der Waals surface area contributed by atoms with Gasteiger partial charge in [-0.1, -0.05) is 52.3 Å². The van der Waals surface area contributed by atoms with E-state index in [1.54, 1.807) is 0 Å². The van der Waals surface area contributed by atoms with Gasteiger partial charge in [-0.2, -0.15) is 0 Å². The van der Waals surface area contributed by atoms with E-state index in [1.807, 2.05) is 0 Å². The predicted octanol–water partition coefficient (Wildman–Crippen LogP) is 5.17. The molecule has 0 bridgehead atoms. The lowest BCUT2D eigenvalue weighted by Crippen LogP contribution is -2.23. The Balaban J connectivity index is 2.11. The Labute approximate surface area is 124 Å². The van der Waals surface area contributed by atoms with E-state index in [9.17, 15) is 0 Å². The molecule has 2 rings (SSSR count). The first-order chi connectivity index (χ1) is 9.08. The molecule has 0 aliphatic heterocycles. The van der Waals surface area contributed by atoms with Gasteiger partial charge in [0, 0.05) is 16.6 Å². The highest BCUT2D eigenvalue weighted by molar-refractivity contribution is 9.10. The van der Waals surface area contributed by atoms with Gasteiger partial charge >= 0.3 is 0 Å². The van der Waals surface area contributed by atoms with Crippen LogP contribution < -0.4 is 5.32 Å². The van der Waals surface area contributed by atoms with E-state index in [0.29, 0.717) is 12.1 Å². The molecule has 100 valence electrons. The van der Waals surface area contributed by atoms with Crippen LogP contribution in [0.5, 0.6) is 0 Å². The molecule has 0 saturated carbocycles. The van der Waals surface area contributed by atoms with Crippen LogP contribution in [-0.4, -0.2) is 0 Å². The molecule has 1 nitrogen and oxygen atoms in total. The second-order valence-electron chi connectivity index (χ2n) is 5.02. The van der Waals surface area contributed by atoms with Gasteiger partial charge in [0.25, 0.3) is 0 Å². The standard InChI is InChI=1S/C17H20BrN/c1-12-7-4-5-10-17(12)14(3)19-13(2)15-8-6-9-16(18)11-15/h4-11,13-14,19H,1-3H3/t13-,14?/m0/s1. The molecule has 1 unspecified atom stereocenters. The highest BCUT2D eigenvalue weighted by Crippen LogP contribution is 2.23. The van der Waals surface area contributed by atoms with Gasteiger partial charge in [0.2, 0.25) is 0 Å². The zero-order valence-electron chi connectivity index (χ0n) is 11.7. The average molecular weight is 318 g/mol. The SMILES string of the molecule is Cc1ccccc1C(C)N[C@@H](C)c1cccc(Br)c1. The molecule has 0 aliphatic carbocycles. The first-order valence-electron chi connectivity index (χ1n) is 6.65. The Kier molecular flexibility index (Phi) is 4.78. The molecule has 2 atom stereocenters. The molecule has 0 spiro atoms. The number of benzene rings is 2. The molecule has 2 heteroatoms. The Morgan fingerprint density at radius 2 is 1.68 bits per heavy atom. The number of rotatable bonds is 4.